The van der Waals surface area contributed by atoms with E-state index in [1.165, 1.54) is 23.7 Å². The standard InChI is InChI=1S/C20H28N4O2/c1-14-6-5-9-23(10-14)11-16(3)22-18(25)12-24-13-21-19-15(2)7-4-8-17(19)20(24)26/h4,7-8,13-14,16H,5-6,9-12H2,1-3H3,(H,22,25)/t14-,16-/m1/s1. The van der Waals surface area contributed by atoms with Crippen LogP contribution in [0.15, 0.2) is 29.3 Å². The third-order valence-corrected chi connectivity index (χ3v) is 5.05. The second-order valence-electron chi connectivity index (χ2n) is 7.62. The van der Waals surface area contributed by atoms with E-state index in [0.29, 0.717) is 10.9 Å². The highest BCUT2D eigenvalue weighted by atomic mass is 16.2. The van der Waals surface area contributed by atoms with Crippen molar-refractivity contribution in [2.75, 3.05) is 19.6 Å². The molecule has 1 fully saturated rings. The predicted octanol–water partition coefficient (Wildman–Crippen LogP) is 1.94. The lowest BCUT2D eigenvalue weighted by molar-refractivity contribution is -0.122. The maximum Gasteiger partial charge on any atom is 0.261 e. The molecule has 0 saturated carbocycles. The quantitative estimate of drug-likeness (QED) is 0.889. The lowest BCUT2D eigenvalue weighted by atomic mass is 10.00. The van der Waals surface area contributed by atoms with Crippen molar-refractivity contribution in [3.8, 4) is 0 Å². The molecule has 0 aliphatic carbocycles. The number of aromatic nitrogens is 2. The fourth-order valence-corrected chi connectivity index (χ4v) is 3.81. The summed E-state index contributed by atoms with van der Waals surface area (Å²) in [7, 11) is 0. The average molecular weight is 356 g/mol. The van der Waals surface area contributed by atoms with Gasteiger partial charge in [0.2, 0.25) is 5.91 Å². The highest BCUT2D eigenvalue weighted by molar-refractivity contribution is 5.81. The summed E-state index contributed by atoms with van der Waals surface area (Å²) in [6.07, 6.45) is 3.97. The molecule has 1 aromatic carbocycles. The van der Waals surface area contributed by atoms with Crippen molar-refractivity contribution >= 4 is 16.8 Å². The zero-order valence-electron chi connectivity index (χ0n) is 15.9. The topological polar surface area (TPSA) is 67.2 Å². The van der Waals surface area contributed by atoms with Gasteiger partial charge in [0.15, 0.2) is 0 Å². The Bertz CT molecular complexity index is 845. The average Bonchev–Trinajstić information content (AvgIpc) is 2.58. The maximum absolute atomic E-state index is 12.6. The zero-order valence-corrected chi connectivity index (χ0v) is 15.9. The molecule has 1 aliphatic rings. The minimum Gasteiger partial charge on any atom is -0.351 e. The zero-order chi connectivity index (χ0) is 18.7. The van der Waals surface area contributed by atoms with Crippen LogP contribution in [0.2, 0.25) is 0 Å². The molecule has 2 atom stereocenters. The van der Waals surface area contributed by atoms with Gasteiger partial charge in [0, 0.05) is 19.1 Å². The second-order valence-corrected chi connectivity index (χ2v) is 7.62. The van der Waals surface area contributed by atoms with Crippen molar-refractivity contribution in [3.05, 3.63) is 40.4 Å². The van der Waals surface area contributed by atoms with Gasteiger partial charge in [-0.05, 0) is 50.8 Å². The number of piperidine rings is 1. The number of nitrogens with zero attached hydrogens (tertiary/aromatic N) is 3. The van der Waals surface area contributed by atoms with Gasteiger partial charge in [0.05, 0.1) is 17.2 Å². The summed E-state index contributed by atoms with van der Waals surface area (Å²) in [5.74, 6) is 0.566. The van der Waals surface area contributed by atoms with E-state index in [4.69, 9.17) is 0 Å². The molecule has 140 valence electrons. The Labute approximate surface area is 154 Å². The number of nitrogens with one attached hydrogen (secondary N) is 1. The van der Waals surface area contributed by atoms with Gasteiger partial charge in [0.25, 0.3) is 5.56 Å². The number of likely N-dealkylation sites (tertiary alicyclic amines) is 1. The van der Waals surface area contributed by atoms with Crippen LogP contribution in [-0.2, 0) is 11.3 Å². The van der Waals surface area contributed by atoms with Gasteiger partial charge in [-0.3, -0.25) is 14.2 Å². The Kier molecular flexibility index (Phi) is 5.71. The number of rotatable bonds is 5. The van der Waals surface area contributed by atoms with E-state index in [1.807, 2.05) is 26.0 Å². The molecule has 3 rings (SSSR count). The summed E-state index contributed by atoms with van der Waals surface area (Å²) < 4.78 is 1.38. The van der Waals surface area contributed by atoms with Crippen LogP contribution in [0.25, 0.3) is 10.9 Å². The Hall–Kier alpha value is -2.21. The van der Waals surface area contributed by atoms with E-state index in [9.17, 15) is 9.59 Å². The number of benzene rings is 1. The van der Waals surface area contributed by atoms with Gasteiger partial charge in [-0.2, -0.15) is 0 Å². The van der Waals surface area contributed by atoms with Crippen LogP contribution in [0.1, 0.15) is 32.3 Å². The first-order valence-electron chi connectivity index (χ1n) is 9.40. The molecule has 1 N–H and O–H groups in total. The van der Waals surface area contributed by atoms with E-state index in [0.717, 1.165) is 31.1 Å². The minimum absolute atomic E-state index is 0.00351. The first-order valence-corrected chi connectivity index (χ1v) is 9.40. The minimum atomic E-state index is -0.175. The molecule has 2 heterocycles. The molecule has 1 aliphatic heterocycles. The number of para-hydroxylation sites is 1. The van der Waals surface area contributed by atoms with Crippen LogP contribution in [0.5, 0.6) is 0 Å². The molecule has 2 aromatic rings. The fourth-order valence-electron chi connectivity index (χ4n) is 3.81. The molecule has 0 unspecified atom stereocenters. The molecule has 1 amide bonds. The summed E-state index contributed by atoms with van der Waals surface area (Å²) >= 11 is 0. The van der Waals surface area contributed by atoms with E-state index in [2.05, 4.69) is 22.1 Å². The predicted molar refractivity (Wildman–Crippen MR) is 103 cm³/mol. The Morgan fingerprint density at radius 3 is 3.00 bits per heavy atom. The summed E-state index contributed by atoms with van der Waals surface area (Å²) in [5, 5.41) is 3.56. The van der Waals surface area contributed by atoms with Crippen molar-refractivity contribution in [2.45, 2.75) is 46.2 Å². The van der Waals surface area contributed by atoms with Gasteiger partial charge in [-0.15, -0.1) is 0 Å². The number of carbonyl (C=O) groups is 1. The number of hydrogen-bond acceptors (Lipinski definition) is 4. The van der Waals surface area contributed by atoms with E-state index in [1.54, 1.807) is 6.07 Å². The van der Waals surface area contributed by atoms with Crippen molar-refractivity contribution in [3.63, 3.8) is 0 Å². The lowest BCUT2D eigenvalue weighted by Gasteiger charge is -2.32. The number of carbonyl (C=O) groups excluding carboxylic acids is 1. The molecule has 26 heavy (non-hydrogen) atoms. The van der Waals surface area contributed by atoms with Crippen LogP contribution in [0, 0.1) is 12.8 Å². The van der Waals surface area contributed by atoms with Crippen molar-refractivity contribution in [1.82, 2.24) is 19.8 Å². The summed E-state index contributed by atoms with van der Waals surface area (Å²) in [5.41, 5.74) is 1.48. The summed E-state index contributed by atoms with van der Waals surface area (Å²) in [4.78, 5) is 31.7. The number of aryl methyl sites for hydroxylation is 1. The molecule has 6 nitrogen and oxygen atoms in total. The number of amides is 1. The SMILES string of the molecule is Cc1cccc2c(=O)n(CC(=O)N[C@H](C)CN3CCC[C@@H](C)C3)cnc12. The van der Waals surface area contributed by atoms with Crippen LogP contribution >= 0.6 is 0 Å². The van der Waals surface area contributed by atoms with Gasteiger partial charge >= 0.3 is 0 Å². The van der Waals surface area contributed by atoms with Crippen LogP contribution in [-0.4, -0.2) is 46.0 Å². The molecule has 1 saturated heterocycles. The third kappa shape index (κ3) is 4.30. The fraction of sp³-hybridized carbons (Fsp3) is 0.550. The largest absolute Gasteiger partial charge is 0.351 e. The highest BCUT2D eigenvalue weighted by Gasteiger charge is 2.19. The second kappa shape index (κ2) is 7.99. The normalized spacial score (nSPS) is 19.4. The Balaban J connectivity index is 1.62. The van der Waals surface area contributed by atoms with Crippen molar-refractivity contribution < 1.29 is 4.79 Å². The molecule has 6 heteroatoms. The van der Waals surface area contributed by atoms with Crippen LogP contribution < -0.4 is 10.9 Å². The third-order valence-electron chi connectivity index (χ3n) is 5.05. The highest BCUT2D eigenvalue weighted by Crippen LogP contribution is 2.15. The molecule has 0 bridgehead atoms. The van der Waals surface area contributed by atoms with Gasteiger partial charge < -0.3 is 10.2 Å². The maximum atomic E-state index is 12.6. The Morgan fingerprint density at radius 2 is 2.23 bits per heavy atom. The van der Waals surface area contributed by atoms with E-state index >= 15 is 0 Å². The van der Waals surface area contributed by atoms with Crippen molar-refractivity contribution in [1.29, 1.82) is 0 Å². The smallest absolute Gasteiger partial charge is 0.261 e. The lowest BCUT2D eigenvalue weighted by Crippen LogP contribution is -2.46. The van der Waals surface area contributed by atoms with E-state index in [-0.39, 0.29) is 24.1 Å². The molecule has 0 spiro atoms. The van der Waals surface area contributed by atoms with Crippen LogP contribution in [0.4, 0.5) is 0 Å². The van der Waals surface area contributed by atoms with E-state index < -0.39 is 0 Å². The summed E-state index contributed by atoms with van der Waals surface area (Å²) in [6.45, 7) is 9.25. The first kappa shape index (κ1) is 18.6. The summed E-state index contributed by atoms with van der Waals surface area (Å²) in [6, 6.07) is 5.58. The Morgan fingerprint density at radius 1 is 1.42 bits per heavy atom. The van der Waals surface area contributed by atoms with Gasteiger partial charge in [-0.25, -0.2) is 4.98 Å². The van der Waals surface area contributed by atoms with Crippen LogP contribution in [0.3, 0.4) is 0 Å². The molecular formula is C20H28N4O2. The molecule has 1 aromatic heterocycles. The van der Waals surface area contributed by atoms with Crippen molar-refractivity contribution in [2.24, 2.45) is 5.92 Å². The number of fused-ring (bicyclic) bond motifs is 1. The molecule has 0 radical (unpaired) electrons. The van der Waals surface area contributed by atoms with Gasteiger partial charge in [-0.1, -0.05) is 19.1 Å². The first-order chi connectivity index (χ1) is 12.4. The monoisotopic (exact) mass is 356 g/mol. The molecular weight excluding hydrogens is 328 g/mol. The van der Waals surface area contributed by atoms with Gasteiger partial charge in [0.1, 0.15) is 6.54 Å². The number of hydrogen-bond donors (Lipinski definition) is 1.